The Bertz CT molecular complexity index is 754. The monoisotopic (exact) mass is 271 g/mol. The molecular weight excluding hydrogens is 262 g/mol. The molecule has 2 heterocycles. The van der Waals surface area contributed by atoms with E-state index in [1.54, 1.807) is 19.3 Å². The number of halogens is 1. The van der Waals surface area contributed by atoms with E-state index in [4.69, 9.17) is 11.6 Å². The molecule has 2 aromatic heterocycles. The summed E-state index contributed by atoms with van der Waals surface area (Å²) in [4.78, 5) is 16.9. The van der Waals surface area contributed by atoms with Gasteiger partial charge >= 0.3 is 0 Å². The second kappa shape index (κ2) is 4.48. The normalized spacial score (nSPS) is 10.8. The molecule has 0 atom stereocenters. The van der Waals surface area contributed by atoms with Crippen LogP contribution in [0.3, 0.4) is 0 Å². The van der Waals surface area contributed by atoms with Crippen molar-refractivity contribution in [3.63, 3.8) is 0 Å². The third kappa shape index (κ3) is 1.90. The molecule has 94 valence electrons. The zero-order valence-electron chi connectivity index (χ0n) is 10.2. The molecule has 0 saturated carbocycles. The lowest BCUT2D eigenvalue weighted by Crippen LogP contribution is -2.09. The average Bonchev–Trinajstić information content (AvgIpc) is 2.77. The zero-order chi connectivity index (χ0) is 13.4. The van der Waals surface area contributed by atoms with Crippen molar-refractivity contribution in [1.29, 1.82) is 0 Å². The number of nitrogens with zero attached hydrogens (tertiary/aromatic N) is 3. The van der Waals surface area contributed by atoms with Crippen molar-refractivity contribution in [3.05, 3.63) is 59.0 Å². The first kappa shape index (κ1) is 11.9. The van der Waals surface area contributed by atoms with Crippen LogP contribution in [0.15, 0.2) is 42.7 Å². The Labute approximate surface area is 114 Å². The summed E-state index contributed by atoms with van der Waals surface area (Å²) in [6.45, 7) is 0. The van der Waals surface area contributed by atoms with Gasteiger partial charge in [0.15, 0.2) is 0 Å². The Morgan fingerprint density at radius 2 is 2.05 bits per heavy atom. The maximum Gasteiger partial charge on any atom is 0.214 e. The van der Waals surface area contributed by atoms with Crippen molar-refractivity contribution in [2.75, 3.05) is 0 Å². The number of ketones is 1. The molecule has 0 N–H and O–H groups in total. The van der Waals surface area contributed by atoms with Crippen molar-refractivity contribution in [2.45, 2.75) is 0 Å². The lowest BCUT2D eigenvalue weighted by atomic mass is 10.0. The molecule has 5 heteroatoms. The molecule has 0 unspecified atom stereocenters. The van der Waals surface area contributed by atoms with E-state index in [-0.39, 0.29) is 5.78 Å². The van der Waals surface area contributed by atoms with Gasteiger partial charge < -0.3 is 0 Å². The van der Waals surface area contributed by atoms with E-state index in [9.17, 15) is 4.79 Å². The fourth-order valence-corrected chi connectivity index (χ4v) is 2.33. The van der Waals surface area contributed by atoms with Gasteiger partial charge in [0.25, 0.3) is 0 Å². The van der Waals surface area contributed by atoms with Crippen LogP contribution in [0, 0.1) is 0 Å². The van der Waals surface area contributed by atoms with Crippen LogP contribution in [0.4, 0.5) is 0 Å². The van der Waals surface area contributed by atoms with Gasteiger partial charge in [0.1, 0.15) is 5.69 Å². The predicted octanol–water partition coefficient (Wildman–Crippen LogP) is 2.85. The van der Waals surface area contributed by atoms with E-state index in [1.807, 2.05) is 24.3 Å². The van der Waals surface area contributed by atoms with E-state index in [0.717, 1.165) is 5.39 Å². The molecule has 19 heavy (non-hydrogen) atoms. The first-order valence-corrected chi connectivity index (χ1v) is 6.12. The van der Waals surface area contributed by atoms with Gasteiger partial charge in [-0.2, -0.15) is 5.10 Å². The second-order valence-corrected chi connectivity index (χ2v) is 4.58. The topological polar surface area (TPSA) is 47.8 Å². The Balaban J connectivity index is 2.23. The van der Waals surface area contributed by atoms with Gasteiger partial charge in [-0.1, -0.05) is 29.8 Å². The Kier molecular flexibility index (Phi) is 2.80. The average molecular weight is 272 g/mol. The summed E-state index contributed by atoms with van der Waals surface area (Å²) in [6.07, 6.45) is 3.14. The van der Waals surface area contributed by atoms with Crippen molar-refractivity contribution < 1.29 is 4.79 Å². The molecule has 0 aliphatic carbocycles. The largest absolute Gasteiger partial charge is 0.287 e. The number of para-hydroxylation sites is 1. The summed E-state index contributed by atoms with van der Waals surface area (Å²) in [5, 5.41) is 5.26. The third-order valence-electron chi connectivity index (χ3n) is 2.99. The predicted molar refractivity (Wildman–Crippen MR) is 73.4 cm³/mol. The Hall–Kier alpha value is -2.20. The molecule has 0 fully saturated rings. The molecule has 0 saturated heterocycles. The van der Waals surface area contributed by atoms with Crippen LogP contribution in [-0.4, -0.2) is 20.5 Å². The Morgan fingerprint density at radius 1 is 1.26 bits per heavy atom. The first-order chi connectivity index (χ1) is 9.18. The smallest absolute Gasteiger partial charge is 0.214 e. The minimum atomic E-state index is -0.172. The van der Waals surface area contributed by atoms with Crippen LogP contribution >= 0.6 is 11.6 Å². The maximum absolute atomic E-state index is 12.6. The van der Waals surface area contributed by atoms with Gasteiger partial charge in [-0.25, -0.2) is 0 Å². The molecule has 0 bridgehead atoms. The summed E-state index contributed by atoms with van der Waals surface area (Å²) in [6, 6.07) is 9.27. The van der Waals surface area contributed by atoms with Gasteiger partial charge in [0, 0.05) is 18.6 Å². The number of carbonyl (C=O) groups excluding carboxylic acids is 1. The van der Waals surface area contributed by atoms with Crippen molar-refractivity contribution in [1.82, 2.24) is 14.8 Å². The van der Waals surface area contributed by atoms with E-state index < -0.39 is 0 Å². The number of aromatic nitrogens is 3. The highest BCUT2D eigenvalue weighted by molar-refractivity contribution is 6.35. The molecule has 0 aliphatic rings. The van der Waals surface area contributed by atoms with Crippen LogP contribution in [0.5, 0.6) is 0 Å². The van der Waals surface area contributed by atoms with Crippen LogP contribution in [-0.2, 0) is 7.05 Å². The number of hydrogen-bond acceptors (Lipinski definition) is 3. The molecule has 3 aromatic rings. The summed E-state index contributed by atoms with van der Waals surface area (Å²) >= 11 is 6.02. The number of carbonyl (C=O) groups is 1. The number of hydrogen-bond donors (Lipinski definition) is 0. The molecule has 3 rings (SSSR count). The fourth-order valence-electron chi connectivity index (χ4n) is 2.08. The van der Waals surface area contributed by atoms with E-state index in [0.29, 0.717) is 21.8 Å². The number of pyridine rings is 1. The third-order valence-corrected chi connectivity index (χ3v) is 3.26. The molecule has 1 aromatic carbocycles. The second-order valence-electron chi connectivity index (χ2n) is 4.17. The van der Waals surface area contributed by atoms with Crippen LogP contribution in [0.25, 0.3) is 10.9 Å². The minimum absolute atomic E-state index is 0.172. The van der Waals surface area contributed by atoms with Gasteiger partial charge in [-0.3, -0.25) is 14.5 Å². The first-order valence-electron chi connectivity index (χ1n) is 5.74. The lowest BCUT2D eigenvalue weighted by molar-refractivity contribution is 0.103. The van der Waals surface area contributed by atoms with Crippen LogP contribution in [0.1, 0.15) is 16.1 Å². The fraction of sp³-hybridized carbons (Fsp3) is 0.0714. The van der Waals surface area contributed by atoms with Gasteiger partial charge in [-0.05, 0) is 12.1 Å². The molecule has 0 radical (unpaired) electrons. The summed E-state index contributed by atoms with van der Waals surface area (Å²) in [7, 11) is 1.69. The Morgan fingerprint density at radius 3 is 2.79 bits per heavy atom. The molecule has 0 aliphatic heterocycles. The van der Waals surface area contributed by atoms with E-state index in [1.165, 1.54) is 10.9 Å². The van der Waals surface area contributed by atoms with Gasteiger partial charge in [0.2, 0.25) is 5.78 Å². The maximum atomic E-state index is 12.6. The molecule has 4 nitrogen and oxygen atoms in total. The van der Waals surface area contributed by atoms with E-state index in [2.05, 4.69) is 10.1 Å². The SMILES string of the molecule is Cn1ncc(Cl)c1C(=O)c1cccc2cccnc12. The van der Waals surface area contributed by atoms with E-state index >= 15 is 0 Å². The molecule has 0 spiro atoms. The number of benzene rings is 1. The zero-order valence-corrected chi connectivity index (χ0v) is 10.9. The number of aryl methyl sites for hydroxylation is 1. The molecule has 0 amide bonds. The highest BCUT2D eigenvalue weighted by atomic mass is 35.5. The van der Waals surface area contributed by atoms with Crippen molar-refractivity contribution >= 4 is 28.3 Å². The standard InChI is InChI=1S/C14H10ClN3O/c1-18-13(11(15)8-17-18)14(19)10-6-2-4-9-5-3-7-16-12(9)10/h2-8H,1H3. The van der Waals surface area contributed by atoms with Gasteiger partial charge in [-0.15, -0.1) is 0 Å². The minimum Gasteiger partial charge on any atom is -0.287 e. The summed E-state index contributed by atoms with van der Waals surface area (Å²) < 4.78 is 1.48. The number of rotatable bonds is 2. The van der Waals surface area contributed by atoms with Crippen molar-refractivity contribution in [2.24, 2.45) is 7.05 Å². The highest BCUT2D eigenvalue weighted by Gasteiger charge is 2.19. The summed E-state index contributed by atoms with van der Waals surface area (Å²) in [5.74, 6) is -0.172. The number of fused-ring (bicyclic) bond motifs is 1. The highest BCUT2D eigenvalue weighted by Crippen LogP contribution is 2.22. The lowest BCUT2D eigenvalue weighted by Gasteiger charge is -2.05. The molecular formula is C14H10ClN3O. The van der Waals surface area contributed by atoms with Crippen LogP contribution in [0.2, 0.25) is 5.02 Å². The summed E-state index contributed by atoms with van der Waals surface area (Å²) in [5.41, 5.74) is 1.58. The van der Waals surface area contributed by atoms with Crippen LogP contribution < -0.4 is 0 Å². The van der Waals surface area contributed by atoms with Gasteiger partial charge in [0.05, 0.1) is 22.3 Å². The van der Waals surface area contributed by atoms with Crippen molar-refractivity contribution in [3.8, 4) is 0 Å². The quantitative estimate of drug-likeness (QED) is 0.674.